The van der Waals surface area contributed by atoms with E-state index in [0.717, 1.165) is 43.8 Å². The predicted octanol–water partition coefficient (Wildman–Crippen LogP) is 3.62. The van der Waals surface area contributed by atoms with E-state index in [1.807, 2.05) is 18.2 Å². The van der Waals surface area contributed by atoms with Crippen LogP contribution in [-0.4, -0.2) is 23.9 Å². The largest absolute Gasteiger partial charge is 0.489 e. The molecule has 0 saturated carbocycles. The molecule has 1 fully saturated rings. The molecule has 0 aromatic heterocycles. The van der Waals surface area contributed by atoms with Crippen molar-refractivity contribution < 1.29 is 9.53 Å². The van der Waals surface area contributed by atoms with Crippen LogP contribution in [0.5, 0.6) is 5.75 Å². The lowest BCUT2D eigenvalue weighted by atomic mass is 9.95. The Morgan fingerprint density at radius 2 is 1.72 bits per heavy atom. The van der Waals surface area contributed by atoms with Crippen molar-refractivity contribution in [3.05, 3.63) is 77.9 Å². The number of hydrogen-bond acceptors (Lipinski definition) is 4. The minimum Gasteiger partial charge on any atom is -0.489 e. The van der Waals surface area contributed by atoms with Gasteiger partial charge in [0.2, 0.25) is 5.91 Å². The van der Waals surface area contributed by atoms with Crippen LogP contribution in [0.15, 0.2) is 66.7 Å². The third-order valence-corrected chi connectivity index (χ3v) is 5.72. The van der Waals surface area contributed by atoms with E-state index in [9.17, 15) is 4.79 Å². The zero-order valence-corrected chi connectivity index (χ0v) is 16.5. The highest BCUT2D eigenvalue weighted by Gasteiger charge is 2.25. The van der Waals surface area contributed by atoms with Gasteiger partial charge >= 0.3 is 0 Å². The van der Waals surface area contributed by atoms with Crippen LogP contribution in [0.25, 0.3) is 10.8 Å². The van der Waals surface area contributed by atoms with E-state index in [0.29, 0.717) is 6.61 Å². The molecule has 0 radical (unpaired) electrons. The first kappa shape index (κ1) is 19.4. The molecule has 0 atom stereocenters. The Kier molecular flexibility index (Phi) is 6.08. The van der Waals surface area contributed by atoms with Gasteiger partial charge in [-0.1, -0.05) is 60.7 Å². The number of likely N-dealkylation sites (tertiary alicyclic amines) is 1. The van der Waals surface area contributed by atoms with E-state index in [1.165, 1.54) is 16.3 Å². The first-order valence-corrected chi connectivity index (χ1v) is 10.1. The fourth-order valence-electron chi connectivity index (χ4n) is 4.04. The second-order valence-electron chi connectivity index (χ2n) is 7.60. The molecule has 29 heavy (non-hydrogen) atoms. The van der Waals surface area contributed by atoms with Crippen LogP contribution in [0.3, 0.4) is 0 Å². The number of carbonyl (C=O) groups is 1. The van der Waals surface area contributed by atoms with Crippen molar-refractivity contribution in [2.24, 2.45) is 11.8 Å². The summed E-state index contributed by atoms with van der Waals surface area (Å²) in [6.45, 7) is 3.10. The molecule has 0 spiro atoms. The first-order valence-electron chi connectivity index (χ1n) is 10.1. The van der Waals surface area contributed by atoms with Crippen LogP contribution in [0.4, 0.5) is 0 Å². The molecule has 3 aromatic rings. The molecule has 3 N–H and O–H groups in total. The van der Waals surface area contributed by atoms with Gasteiger partial charge in [-0.25, -0.2) is 5.84 Å². The summed E-state index contributed by atoms with van der Waals surface area (Å²) in [5.41, 5.74) is 4.65. The molecule has 1 saturated heterocycles. The van der Waals surface area contributed by atoms with Gasteiger partial charge in [0, 0.05) is 18.0 Å². The lowest BCUT2D eigenvalue weighted by molar-refractivity contribution is -0.126. The molecule has 1 amide bonds. The van der Waals surface area contributed by atoms with Crippen LogP contribution in [-0.2, 0) is 17.9 Å². The number of nitrogens with two attached hydrogens (primary N) is 1. The molecular weight excluding hydrogens is 362 g/mol. The van der Waals surface area contributed by atoms with Gasteiger partial charge in [0.15, 0.2) is 0 Å². The third kappa shape index (κ3) is 4.58. The minimum absolute atomic E-state index is 0.0116. The molecule has 5 nitrogen and oxygen atoms in total. The van der Waals surface area contributed by atoms with E-state index in [4.69, 9.17) is 10.6 Å². The molecule has 0 aliphatic carbocycles. The number of piperidine rings is 1. The van der Waals surface area contributed by atoms with Crippen molar-refractivity contribution in [1.29, 1.82) is 0 Å². The van der Waals surface area contributed by atoms with Gasteiger partial charge in [-0.15, -0.1) is 0 Å². The molecule has 0 unspecified atom stereocenters. The SMILES string of the molecule is NNC(=O)C1CCN(Cc2c(OCc3ccccc3)ccc3ccccc23)CC1. The molecular formula is C24H27N3O2. The van der Waals surface area contributed by atoms with Crippen molar-refractivity contribution in [2.75, 3.05) is 13.1 Å². The number of amides is 1. The summed E-state index contributed by atoms with van der Waals surface area (Å²) in [6.07, 6.45) is 1.65. The highest BCUT2D eigenvalue weighted by Crippen LogP contribution is 2.31. The molecule has 150 valence electrons. The molecule has 3 aromatic carbocycles. The van der Waals surface area contributed by atoms with Crippen LogP contribution in [0, 0.1) is 5.92 Å². The van der Waals surface area contributed by atoms with Crippen molar-refractivity contribution in [1.82, 2.24) is 10.3 Å². The predicted molar refractivity (Wildman–Crippen MR) is 115 cm³/mol. The highest BCUT2D eigenvalue weighted by atomic mass is 16.5. The van der Waals surface area contributed by atoms with E-state index >= 15 is 0 Å². The standard InChI is InChI=1S/C24H27N3O2/c25-26-24(28)20-12-14-27(15-13-20)16-22-21-9-5-4-8-19(21)10-11-23(22)29-17-18-6-2-1-3-7-18/h1-11,20H,12-17,25H2,(H,26,28). The summed E-state index contributed by atoms with van der Waals surface area (Å²) in [4.78, 5) is 14.2. The number of carbonyl (C=O) groups excluding carboxylic acids is 1. The van der Waals surface area contributed by atoms with Crippen molar-refractivity contribution >= 4 is 16.7 Å². The van der Waals surface area contributed by atoms with Gasteiger partial charge in [-0.05, 0) is 48.3 Å². The maximum atomic E-state index is 11.8. The van der Waals surface area contributed by atoms with Crippen molar-refractivity contribution in [2.45, 2.75) is 26.0 Å². The summed E-state index contributed by atoms with van der Waals surface area (Å²) in [7, 11) is 0. The van der Waals surface area contributed by atoms with Gasteiger partial charge in [0.25, 0.3) is 0 Å². The summed E-state index contributed by atoms with van der Waals surface area (Å²) < 4.78 is 6.24. The van der Waals surface area contributed by atoms with Crippen LogP contribution in [0.2, 0.25) is 0 Å². The number of hydrogen-bond donors (Lipinski definition) is 2. The lowest BCUT2D eigenvalue weighted by Crippen LogP contribution is -2.42. The number of ether oxygens (including phenoxy) is 1. The van der Waals surface area contributed by atoms with E-state index in [-0.39, 0.29) is 11.8 Å². The van der Waals surface area contributed by atoms with Gasteiger partial charge in [-0.2, -0.15) is 0 Å². The number of nitrogens with one attached hydrogen (secondary N) is 1. The first-order chi connectivity index (χ1) is 14.2. The summed E-state index contributed by atoms with van der Waals surface area (Å²) in [6, 6.07) is 22.9. The smallest absolute Gasteiger partial charge is 0.237 e. The average Bonchev–Trinajstić information content (AvgIpc) is 2.79. The zero-order chi connectivity index (χ0) is 20.1. The molecule has 1 aliphatic rings. The van der Waals surface area contributed by atoms with E-state index < -0.39 is 0 Å². The number of fused-ring (bicyclic) bond motifs is 1. The third-order valence-electron chi connectivity index (χ3n) is 5.72. The number of benzene rings is 3. The van der Waals surface area contributed by atoms with Gasteiger partial charge in [0.05, 0.1) is 0 Å². The second kappa shape index (κ2) is 9.07. The molecule has 4 rings (SSSR count). The van der Waals surface area contributed by atoms with E-state index in [1.54, 1.807) is 0 Å². The van der Waals surface area contributed by atoms with Crippen molar-refractivity contribution in [3.63, 3.8) is 0 Å². The van der Waals surface area contributed by atoms with Crippen molar-refractivity contribution in [3.8, 4) is 5.75 Å². The van der Waals surface area contributed by atoms with Crippen LogP contribution >= 0.6 is 0 Å². The summed E-state index contributed by atoms with van der Waals surface area (Å²) in [5.74, 6) is 6.18. The second-order valence-corrected chi connectivity index (χ2v) is 7.60. The van der Waals surface area contributed by atoms with Gasteiger partial charge in [0.1, 0.15) is 12.4 Å². The monoisotopic (exact) mass is 389 g/mol. The molecule has 1 aliphatic heterocycles. The zero-order valence-electron chi connectivity index (χ0n) is 16.5. The van der Waals surface area contributed by atoms with Crippen LogP contribution in [0.1, 0.15) is 24.0 Å². The summed E-state index contributed by atoms with van der Waals surface area (Å²) in [5, 5.41) is 2.44. The fourth-order valence-corrected chi connectivity index (χ4v) is 4.04. The Bertz CT molecular complexity index is 966. The van der Waals surface area contributed by atoms with Crippen LogP contribution < -0.4 is 16.0 Å². The van der Waals surface area contributed by atoms with Gasteiger partial charge in [-0.3, -0.25) is 15.1 Å². The van der Waals surface area contributed by atoms with Gasteiger partial charge < -0.3 is 4.74 Å². The lowest BCUT2D eigenvalue weighted by Gasteiger charge is -2.31. The maximum absolute atomic E-state index is 11.8. The minimum atomic E-state index is -0.0540. The summed E-state index contributed by atoms with van der Waals surface area (Å²) >= 11 is 0. The Morgan fingerprint density at radius 3 is 2.48 bits per heavy atom. The Morgan fingerprint density at radius 1 is 1.00 bits per heavy atom. The Labute approximate surface area is 171 Å². The normalized spacial score (nSPS) is 15.3. The fraction of sp³-hybridized carbons (Fsp3) is 0.292. The highest BCUT2D eigenvalue weighted by molar-refractivity contribution is 5.87. The maximum Gasteiger partial charge on any atom is 0.237 e. The Balaban J connectivity index is 1.54. The molecule has 5 heteroatoms. The van der Waals surface area contributed by atoms with E-state index in [2.05, 4.69) is 58.9 Å². The number of rotatable bonds is 6. The number of nitrogens with zero attached hydrogens (tertiary/aromatic N) is 1. The Hall–Kier alpha value is -2.89. The quantitative estimate of drug-likeness (QED) is 0.384. The topological polar surface area (TPSA) is 67.6 Å². The molecule has 0 bridgehead atoms. The molecule has 1 heterocycles. The average molecular weight is 389 g/mol. The number of hydrazine groups is 1.